The summed E-state index contributed by atoms with van der Waals surface area (Å²) in [6.07, 6.45) is 1.79. The van der Waals surface area contributed by atoms with Crippen LogP contribution in [0, 0.1) is 0 Å². The molecule has 1 nitrogen and oxygen atoms in total. The van der Waals surface area contributed by atoms with E-state index in [1.54, 1.807) is 6.08 Å². The molecule has 0 aromatic carbocycles. The van der Waals surface area contributed by atoms with Crippen LogP contribution >= 0.6 is 15.9 Å². The van der Waals surface area contributed by atoms with E-state index in [0.717, 1.165) is 5.33 Å². The van der Waals surface area contributed by atoms with Crippen LogP contribution in [0.1, 0.15) is 20.8 Å². The largest absolute Gasteiger partial charge is 0.304 e. The fourth-order valence-electron chi connectivity index (χ4n) is 0.671. The maximum Gasteiger partial charge on any atom is 0.0209 e. The molecular formula is C9H20BrN. The Morgan fingerprint density at radius 3 is 1.45 bits per heavy atom. The summed E-state index contributed by atoms with van der Waals surface area (Å²) in [5.74, 6) is 0. The summed E-state index contributed by atoms with van der Waals surface area (Å²) in [6, 6.07) is 0. The Kier molecular flexibility index (Phi) is 16.0. The first-order valence-corrected chi connectivity index (χ1v) is 5.28. The smallest absolute Gasteiger partial charge is 0.0209 e. The van der Waals surface area contributed by atoms with Gasteiger partial charge >= 0.3 is 0 Å². The van der Waals surface area contributed by atoms with E-state index in [4.69, 9.17) is 0 Å². The minimum Gasteiger partial charge on any atom is -0.304 e. The zero-order chi connectivity index (χ0) is 9.11. The van der Waals surface area contributed by atoms with Crippen LogP contribution in [-0.2, 0) is 0 Å². The number of rotatable bonds is 4. The number of allylic oxidation sites excluding steroid dienone is 1. The van der Waals surface area contributed by atoms with E-state index in [2.05, 4.69) is 48.2 Å². The van der Waals surface area contributed by atoms with Crippen molar-refractivity contribution in [3.05, 3.63) is 12.7 Å². The van der Waals surface area contributed by atoms with Gasteiger partial charge in [-0.1, -0.05) is 42.8 Å². The number of hydrogen-bond acceptors (Lipinski definition) is 1. The van der Waals surface area contributed by atoms with E-state index >= 15 is 0 Å². The average Bonchev–Trinajstić information content (AvgIpc) is 2.08. The molecule has 0 radical (unpaired) electrons. The van der Waals surface area contributed by atoms with Gasteiger partial charge in [-0.25, -0.2) is 0 Å². The molecule has 0 amide bonds. The number of nitrogens with zero attached hydrogens (tertiary/aromatic N) is 1. The van der Waals surface area contributed by atoms with Gasteiger partial charge in [-0.3, -0.25) is 0 Å². The molecule has 11 heavy (non-hydrogen) atoms. The molecule has 0 N–H and O–H groups in total. The fourth-order valence-corrected chi connectivity index (χ4v) is 0.671. The number of halogens is 1. The summed E-state index contributed by atoms with van der Waals surface area (Å²) in [6.45, 7) is 13.6. The third kappa shape index (κ3) is 13.2. The lowest BCUT2D eigenvalue weighted by Crippen LogP contribution is -2.21. The second-order valence-electron chi connectivity index (χ2n) is 2.06. The summed E-state index contributed by atoms with van der Waals surface area (Å²) in [5, 5.41) is 0.896. The number of hydrogen-bond donors (Lipinski definition) is 0. The lowest BCUT2D eigenvalue weighted by molar-refractivity contribution is 0.321. The quantitative estimate of drug-likeness (QED) is 0.522. The first-order chi connectivity index (χ1) is 5.26. The van der Waals surface area contributed by atoms with E-state index in [0.29, 0.717) is 0 Å². The Morgan fingerprint density at radius 1 is 1.18 bits per heavy atom. The van der Waals surface area contributed by atoms with Gasteiger partial charge < -0.3 is 4.90 Å². The van der Waals surface area contributed by atoms with Crippen molar-refractivity contribution in [3.63, 3.8) is 0 Å². The molecule has 0 aliphatic rings. The average molecular weight is 222 g/mol. The Bertz CT molecular complexity index is 64.5. The maximum atomic E-state index is 3.43. The monoisotopic (exact) mass is 221 g/mol. The predicted molar refractivity (Wildman–Crippen MR) is 57.5 cm³/mol. The van der Waals surface area contributed by atoms with Gasteiger partial charge in [0.25, 0.3) is 0 Å². The lowest BCUT2D eigenvalue weighted by atomic mass is 10.5. The highest BCUT2D eigenvalue weighted by molar-refractivity contribution is 9.09. The van der Waals surface area contributed by atoms with Crippen molar-refractivity contribution in [1.29, 1.82) is 0 Å². The molecule has 0 aliphatic heterocycles. The number of alkyl halides is 1. The highest BCUT2D eigenvalue weighted by Gasteiger charge is 1.89. The van der Waals surface area contributed by atoms with Gasteiger partial charge in [-0.2, -0.15) is 0 Å². The van der Waals surface area contributed by atoms with Gasteiger partial charge in [0.05, 0.1) is 0 Å². The zero-order valence-electron chi connectivity index (χ0n) is 7.94. The minimum atomic E-state index is 0.896. The topological polar surface area (TPSA) is 3.24 Å². The van der Waals surface area contributed by atoms with Crippen molar-refractivity contribution < 1.29 is 0 Å². The molecule has 2 heteroatoms. The Hall–Kier alpha value is 0.180. The summed E-state index contributed by atoms with van der Waals surface area (Å²) in [7, 11) is 0. The molecule has 0 aliphatic carbocycles. The van der Waals surface area contributed by atoms with E-state index < -0.39 is 0 Å². The second kappa shape index (κ2) is 12.8. The Morgan fingerprint density at radius 2 is 1.45 bits per heavy atom. The molecular weight excluding hydrogens is 202 g/mol. The highest BCUT2D eigenvalue weighted by atomic mass is 79.9. The predicted octanol–water partition coefficient (Wildman–Crippen LogP) is 2.92. The molecule has 0 bridgehead atoms. The summed E-state index contributed by atoms with van der Waals surface area (Å²) in [5.41, 5.74) is 0. The van der Waals surface area contributed by atoms with Crippen molar-refractivity contribution in [1.82, 2.24) is 4.90 Å². The van der Waals surface area contributed by atoms with Crippen LogP contribution in [0.5, 0.6) is 0 Å². The van der Waals surface area contributed by atoms with Gasteiger partial charge in [0.15, 0.2) is 0 Å². The summed E-state index contributed by atoms with van der Waals surface area (Å²) < 4.78 is 0. The molecule has 0 aromatic heterocycles. The van der Waals surface area contributed by atoms with Crippen LogP contribution in [0.3, 0.4) is 0 Å². The van der Waals surface area contributed by atoms with Crippen LogP contribution in [0.4, 0.5) is 0 Å². The zero-order valence-corrected chi connectivity index (χ0v) is 9.52. The highest BCUT2D eigenvalue weighted by Crippen LogP contribution is 1.81. The molecule has 0 saturated carbocycles. The molecule has 0 rings (SSSR count). The standard InChI is InChI=1S/C6H15N.C3H5Br/c1-4-7(5-2)6-3;1-2-3-4/h4-6H2,1-3H3;2H,1,3H2. The first-order valence-electron chi connectivity index (χ1n) is 4.15. The molecule has 0 fully saturated rings. The van der Waals surface area contributed by atoms with Crippen LogP contribution in [0.2, 0.25) is 0 Å². The SMILES string of the molecule is C=CCBr.CCN(CC)CC. The molecule has 0 aromatic rings. The first kappa shape index (κ1) is 13.7. The summed E-state index contributed by atoms with van der Waals surface area (Å²) in [4.78, 5) is 2.38. The van der Waals surface area contributed by atoms with Crippen molar-refractivity contribution in [3.8, 4) is 0 Å². The van der Waals surface area contributed by atoms with Crippen LogP contribution in [0.25, 0.3) is 0 Å². The Balaban J connectivity index is 0. The van der Waals surface area contributed by atoms with Gasteiger partial charge in [0.2, 0.25) is 0 Å². The lowest BCUT2D eigenvalue weighted by Gasteiger charge is -2.13. The molecule has 0 heterocycles. The maximum absolute atomic E-state index is 3.43. The van der Waals surface area contributed by atoms with Crippen molar-refractivity contribution in [2.75, 3.05) is 25.0 Å². The summed E-state index contributed by atoms with van der Waals surface area (Å²) >= 11 is 3.13. The van der Waals surface area contributed by atoms with Gasteiger partial charge in [-0.05, 0) is 19.6 Å². The Labute approximate surface area is 79.6 Å². The molecule has 68 valence electrons. The van der Waals surface area contributed by atoms with Gasteiger partial charge in [0, 0.05) is 5.33 Å². The molecule has 0 atom stereocenters. The van der Waals surface area contributed by atoms with Crippen molar-refractivity contribution >= 4 is 15.9 Å². The van der Waals surface area contributed by atoms with E-state index in [9.17, 15) is 0 Å². The van der Waals surface area contributed by atoms with Crippen LogP contribution < -0.4 is 0 Å². The van der Waals surface area contributed by atoms with Gasteiger partial charge in [0.1, 0.15) is 0 Å². The van der Waals surface area contributed by atoms with E-state index in [1.165, 1.54) is 19.6 Å². The van der Waals surface area contributed by atoms with Crippen molar-refractivity contribution in [2.45, 2.75) is 20.8 Å². The third-order valence-corrected chi connectivity index (χ3v) is 1.91. The van der Waals surface area contributed by atoms with E-state index in [-0.39, 0.29) is 0 Å². The normalized spacial score (nSPS) is 8.82. The minimum absolute atomic E-state index is 0.896. The van der Waals surface area contributed by atoms with Gasteiger partial charge in [-0.15, -0.1) is 6.58 Å². The van der Waals surface area contributed by atoms with Crippen LogP contribution in [-0.4, -0.2) is 29.9 Å². The molecule has 0 unspecified atom stereocenters. The molecule has 0 saturated heterocycles. The fraction of sp³-hybridized carbons (Fsp3) is 0.778. The second-order valence-corrected chi connectivity index (χ2v) is 2.71. The molecule has 0 spiro atoms. The van der Waals surface area contributed by atoms with Crippen molar-refractivity contribution in [2.24, 2.45) is 0 Å². The van der Waals surface area contributed by atoms with E-state index in [1.807, 2.05) is 0 Å². The van der Waals surface area contributed by atoms with Crippen LogP contribution in [0.15, 0.2) is 12.7 Å². The third-order valence-electron chi connectivity index (χ3n) is 1.45.